The van der Waals surface area contributed by atoms with Crippen LogP contribution in [-0.2, 0) is 4.79 Å². The van der Waals surface area contributed by atoms with Gasteiger partial charge in [-0.1, -0.05) is 0 Å². The van der Waals surface area contributed by atoms with Crippen molar-refractivity contribution in [1.29, 1.82) is 0 Å². The molecule has 2 aromatic carbocycles. The number of benzene rings is 2. The molecule has 0 N–H and O–H groups in total. The Kier molecular flexibility index (Phi) is 5.31. The number of nitro benzene ring substituents is 1. The van der Waals surface area contributed by atoms with Crippen LogP contribution in [0.2, 0.25) is 0 Å². The summed E-state index contributed by atoms with van der Waals surface area (Å²) >= 11 is 2.17. The van der Waals surface area contributed by atoms with Gasteiger partial charge in [-0.25, -0.2) is 4.79 Å². The van der Waals surface area contributed by atoms with Crippen LogP contribution in [0.5, 0.6) is 11.5 Å². The van der Waals surface area contributed by atoms with Crippen LogP contribution in [0.4, 0.5) is 5.69 Å². The van der Waals surface area contributed by atoms with Gasteiger partial charge in [0.25, 0.3) is 5.69 Å². The maximum Gasteiger partial charge on any atom is 0.349 e. The monoisotopic (exact) mass is 413 g/mol. The third-order valence-corrected chi connectivity index (χ3v) is 3.49. The smallest absolute Gasteiger partial charge is 0.349 e. The van der Waals surface area contributed by atoms with Gasteiger partial charge < -0.3 is 9.47 Å². The van der Waals surface area contributed by atoms with Crippen LogP contribution >= 0.6 is 22.6 Å². The van der Waals surface area contributed by atoms with Gasteiger partial charge in [-0.15, -0.1) is 0 Å². The fraction of sp³-hybridized carbons (Fsp3) is 0.133. The Morgan fingerprint density at radius 3 is 2.41 bits per heavy atom. The molecule has 0 aromatic heterocycles. The molecule has 114 valence electrons. The number of carbonyl (C=O) groups excluding carboxylic acids is 1. The highest BCUT2D eigenvalue weighted by Gasteiger charge is 2.13. The molecule has 0 radical (unpaired) electrons. The van der Waals surface area contributed by atoms with Gasteiger partial charge in [0.2, 0.25) is 0 Å². The summed E-state index contributed by atoms with van der Waals surface area (Å²) in [6.07, 6.45) is 0. The molecule has 0 saturated carbocycles. The Balaban J connectivity index is 1.93. The van der Waals surface area contributed by atoms with E-state index in [2.05, 4.69) is 22.6 Å². The van der Waals surface area contributed by atoms with E-state index in [0.717, 1.165) is 3.57 Å². The second-order valence-electron chi connectivity index (χ2n) is 4.42. The SMILES string of the molecule is Cc1cc(OC(=O)COc2ccc(I)cc2)ccc1[N+](=O)[O-]. The summed E-state index contributed by atoms with van der Waals surface area (Å²) in [7, 11) is 0. The van der Waals surface area contributed by atoms with Crippen molar-refractivity contribution in [2.24, 2.45) is 0 Å². The van der Waals surface area contributed by atoms with Crippen LogP contribution in [-0.4, -0.2) is 17.5 Å². The highest BCUT2D eigenvalue weighted by atomic mass is 127. The lowest BCUT2D eigenvalue weighted by molar-refractivity contribution is -0.385. The van der Waals surface area contributed by atoms with E-state index in [9.17, 15) is 14.9 Å². The molecule has 0 heterocycles. The molecule has 2 aromatic rings. The van der Waals surface area contributed by atoms with Crippen molar-refractivity contribution in [3.63, 3.8) is 0 Å². The molecule has 0 spiro atoms. The minimum Gasteiger partial charge on any atom is -0.482 e. The van der Waals surface area contributed by atoms with Crippen molar-refractivity contribution in [2.75, 3.05) is 6.61 Å². The van der Waals surface area contributed by atoms with E-state index < -0.39 is 10.9 Å². The van der Waals surface area contributed by atoms with Crippen LogP contribution in [0.25, 0.3) is 0 Å². The Morgan fingerprint density at radius 2 is 1.82 bits per heavy atom. The van der Waals surface area contributed by atoms with Crippen molar-refractivity contribution >= 4 is 34.2 Å². The summed E-state index contributed by atoms with van der Waals surface area (Å²) in [5, 5.41) is 10.7. The maximum absolute atomic E-state index is 11.7. The highest BCUT2D eigenvalue weighted by molar-refractivity contribution is 14.1. The third kappa shape index (κ3) is 4.42. The summed E-state index contributed by atoms with van der Waals surface area (Å²) in [6.45, 7) is 1.34. The fourth-order valence-electron chi connectivity index (χ4n) is 1.73. The zero-order valence-corrected chi connectivity index (χ0v) is 13.8. The summed E-state index contributed by atoms with van der Waals surface area (Å²) < 4.78 is 11.5. The van der Waals surface area contributed by atoms with Gasteiger partial charge in [0.15, 0.2) is 6.61 Å². The van der Waals surface area contributed by atoms with Crippen molar-refractivity contribution in [3.8, 4) is 11.5 Å². The Hall–Kier alpha value is -2.16. The number of rotatable bonds is 5. The summed E-state index contributed by atoms with van der Waals surface area (Å²) in [6, 6.07) is 11.4. The molecule has 0 saturated heterocycles. The lowest BCUT2D eigenvalue weighted by Crippen LogP contribution is -2.17. The molecule has 0 bridgehead atoms. The maximum atomic E-state index is 11.7. The number of aryl methyl sites for hydroxylation is 1. The molecule has 7 heteroatoms. The molecule has 0 unspecified atom stereocenters. The van der Waals surface area contributed by atoms with E-state index in [4.69, 9.17) is 9.47 Å². The van der Waals surface area contributed by atoms with Crippen LogP contribution in [0, 0.1) is 20.6 Å². The zero-order chi connectivity index (χ0) is 16.1. The number of ether oxygens (including phenoxy) is 2. The van der Waals surface area contributed by atoms with E-state index in [1.807, 2.05) is 12.1 Å². The van der Waals surface area contributed by atoms with Gasteiger partial charge >= 0.3 is 5.97 Å². The lowest BCUT2D eigenvalue weighted by Gasteiger charge is -2.07. The Labute approximate surface area is 140 Å². The van der Waals surface area contributed by atoms with Gasteiger partial charge in [0.05, 0.1) is 4.92 Å². The lowest BCUT2D eigenvalue weighted by atomic mass is 10.2. The van der Waals surface area contributed by atoms with Crippen LogP contribution < -0.4 is 9.47 Å². The van der Waals surface area contributed by atoms with Gasteiger partial charge in [-0.2, -0.15) is 0 Å². The topological polar surface area (TPSA) is 78.7 Å². The van der Waals surface area contributed by atoms with Crippen molar-refractivity contribution in [3.05, 3.63) is 61.7 Å². The number of hydrogen-bond donors (Lipinski definition) is 0. The number of halogens is 1. The molecule has 0 aliphatic rings. The normalized spacial score (nSPS) is 10.1. The van der Waals surface area contributed by atoms with Gasteiger partial charge in [0.1, 0.15) is 11.5 Å². The largest absolute Gasteiger partial charge is 0.482 e. The zero-order valence-electron chi connectivity index (χ0n) is 11.6. The fourth-order valence-corrected chi connectivity index (χ4v) is 2.09. The van der Waals surface area contributed by atoms with Gasteiger partial charge in [-0.05, 0) is 65.9 Å². The second kappa shape index (κ2) is 7.21. The van der Waals surface area contributed by atoms with Crippen LogP contribution in [0.3, 0.4) is 0 Å². The van der Waals surface area contributed by atoms with Crippen LogP contribution in [0.1, 0.15) is 5.56 Å². The average Bonchev–Trinajstić information content (AvgIpc) is 2.46. The van der Waals surface area contributed by atoms with E-state index >= 15 is 0 Å². The van der Waals surface area contributed by atoms with Gasteiger partial charge in [-0.3, -0.25) is 10.1 Å². The number of nitrogens with zero attached hydrogens (tertiary/aromatic N) is 1. The first-order valence-corrected chi connectivity index (χ1v) is 7.37. The molecular formula is C15H12INO5. The third-order valence-electron chi connectivity index (χ3n) is 2.77. The molecule has 0 amide bonds. The number of carbonyl (C=O) groups is 1. The Bertz CT molecular complexity index is 700. The molecule has 6 nitrogen and oxygen atoms in total. The van der Waals surface area contributed by atoms with E-state index in [1.54, 1.807) is 19.1 Å². The standard InChI is InChI=1S/C15H12INO5/c1-10-8-13(6-7-14(10)17(19)20)22-15(18)9-21-12-4-2-11(16)3-5-12/h2-8H,9H2,1H3. The minimum absolute atomic E-state index is 0.0186. The average molecular weight is 413 g/mol. The predicted octanol–water partition coefficient (Wildman–Crippen LogP) is 3.49. The van der Waals surface area contributed by atoms with Crippen molar-refractivity contribution in [2.45, 2.75) is 6.92 Å². The molecular weight excluding hydrogens is 401 g/mol. The van der Waals surface area contributed by atoms with E-state index in [0.29, 0.717) is 11.3 Å². The number of esters is 1. The summed E-state index contributed by atoms with van der Waals surface area (Å²) in [4.78, 5) is 21.9. The highest BCUT2D eigenvalue weighted by Crippen LogP contribution is 2.23. The van der Waals surface area contributed by atoms with E-state index in [-0.39, 0.29) is 18.0 Å². The number of hydrogen-bond acceptors (Lipinski definition) is 5. The molecule has 0 aliphatic carbocycles. The number of nitro groups is 1. The quantitative estimate of drug-likeness (QED) is 0.247. The first-order chi connectivity index (χ1) is 10.5. The molecule has 0 fully saturated rings. The summed E-state index contributed by atoms with van der Waals surface area (Å²) in [5.74, 6) is 0.239. The molecule has 0 atom stereocenters. The predicted molar refractivity (Wildman–Crippen MR) is 88.1 cm³/mol. The van der Waals surface area contributed by atoms with Gasteiger partial charge in [0, 0.05) is 15.2 Å². The van der Waals surface area contributed by atoms with Crippen molar-refractivity contribution in [1.82, 2.24) is 0 Å². The first kappa shape index (κ1) is 16.2. The first-order valence-electron chi connectivity index (χ1n) is 6.30. The minimum atomic E-state index is -0.577. The Morgan fingerprint density at radius 1 is 1.18 bits per heavy atom. The molecule has 0 aliphatic heterocycles. The molecule has 22 heavy (non-hydrogen) atoms. The summed E-state index contributed by atoms with van der Waals surface area (Å²) in [5.41, 5.74) is 0.406. The second-order valence-corrected chi connectivity index (χ2v) is 5.67. The van der Waals surface area contributed by atoms with E-state index in [1.165, 1.54) is 18.2 Å². The molecule has 2 rings (SSSR count). The van der Waals surface area contributed by atoms with Crippen LogP contribution in [0.15, 0.2) is 42.5 Å². The van der Waals surface area contributed by atoms with Crippen molar-refractivity contribution < 1.29 is 19.2 Å².